The van der Waals surface area contributed by atoms with Crippen LogP contribution >= 0.6 is 0 Å². The molecule has 0 unspecified atom stereocenters. The van der Waals surface area contributed by atoms with Crippen molar-refractivity contribution in [1.82, 2.24) is 9.55 Å². The zero-order valence-electron chi connectivity index (χ0n) is 8.48. The van der Waals surface area contributed by atoms with Gasteiger partial charge in [0, 0.05) is 12.3 Å². The molecule has 0 fully saturated rings. The van der Waals surface area contributed by atoms with E-state index in [1.54, 1.807) is 6.07 Å². The first-order valence-corrected chi connectivity index (χ1v) is 4.60. The van der Waals surface area contributed by atoms with Crippen LogP contribution in [0.2, 0.25) is 0 Å². The van der Waals surface area contributed by atoms with Gasteiger partial charge in [0.1, 0.15) is 12.0 Å². The number of carboxylic acid groups (broad SMARTS) is 1. The van der Waals surface area contributed by atoms with E-state index in [9.17, 15) is 14.9 Å². The maximum absolute atomic E-state index is 10.8. The quantitative estimate of drug-likeness (QED) is 0.639. The van der Waals surface area contributed by atoms with Crippen molar-refractivity contribution in [3.8, 4) is 5.69 Å². The van der Waals surface area contributed by atoms with Gasteiger partial charge < -0.3 is 5.11 Å². The Morgan fingerprint density at radius 1 is 1.41 bits per heavy atom. The number of para-hydroxylation sites is 2. The monoisotopic (exact) mass is 233 g/mol. The van der Waals surface area contributed by atoms with Crippen LogP contribution in [0.15, 0.2) is 36.8 Å². The summed E-state index contributed by atoms with van der Waals surface area (Å²) in [4.78, 5) is 24.5. The number of nitro benzene ring substituents is 1. The van der Waals surface area contributed by atoms with E-state index in [4.69, 9.17) is 5.11 Å². The minimum Gasteiger partial charge on any atom is -0.476 e. The van der Waals surface area contributed by atoms with Gasteiger partial charge in [0.15, 0.2) is 5.69 Å². The van der Waals surface area contributed by atoms with Crippen molar-refractivity contribution in [2.75, 3.05) is 0 Å². The van der Waals surface area contributed by atoms with E-state index in [0.717, 1.165) is 0 Å². The molecule has 86 valence electrons. The second-order valence-corrected chi connectivity index (χ2v) is 3.22. The normalized spacial score (nSPS) is 10.1. The Balaban J connectivity index is 2.52. The average molecular weight is 233 g/mol. The molecule has 0 bridgehead atoms. The molecule has 1 aromatic carbocycles. The Labute approximate surface area is 95.1 Å². The summed E-state index contributed by atoms with van der Waals surface area (Å²) in [5.41, 5.74) is 0.00231. The van der Waals surface area contributed by atoms with Gasteiger partial charge in [-0.1, -0.05) is 12.1 Å². The van der Waals surface area contributed by atoms with Gasteiger partial charge in [-0.25, -0.2) is 9.78 Å². The molecule has 0 saturated heterocycles. The molecule has 0 amide bonds. The Hall–Kier alpha value is -2.70. The SMILES string of the molecule is O=C(O)c1cn(-c2ccccc2[N+](=O)[O-])cn1. The van der Waals surface area contributed by atoms with Crippen LogP contribution in [0.25, 0.3) is 5.69 Å². The number of aromatic carboxylic acids is 1. The number of aromatic nitrogens is 2. The van der Waals surface area contributed by atoms with Gasteiger partial charge in [-0.3, -0.25) is 14.7 Å². The Morgan fingerprint density at radius 3 is 2.71 bits per heavy atom. The first-order chi connectivity index (χ1) is 8.09. The topological polar surface area (TPSA) is 98.3 Å². The standard InChI is InChI=1S/C10H7N3O4/c14-10(15)7-5-12(6-11-7)8-3-1-2-4-9(8)13(16)17/h1-6H,(H,14,15). The summed E-state index contributed by atoms with van der Waals surface area (Å²) in [5.74, 6) is -1.18. The maximum atomic E-state index is 10.8. The predicted molar refractivity (Wildman–Crippen MR) is 57.2 cm³/mol. The lowest BCUT2D eigenvalue weighted by atomic mass is 10.2. The second kappa shape index (κ2) is 4.05. The summed E-state index contributed by atoms with van der Waals surface area (Å²) in [7, 11) is 0. The van der Waals surface area contributed by atoms with E-state index in [1.165, 1.54) is 35.3 Å². The number of hydrogen-bond acceptors (Lipinski definition) is 4. The highest BCUT2D eigenvalue weighted by Gasteiger charge is 2.15. The van der Waals surface area contributed by atoms with Crippen LogP contribution in [-0.4, -0.2) is 25.6 Å². The number of carbonyl (C=O) groups is 1. The van der Waals surface area contributed by atoms with Crippen LogP contribution in [0.5, 0.6) is 0 Å². The number of benzene rings is 1. The molecular formula is C10H7N3O4. The van der Waals surface area contributed by atoms with Gasteiger partial charge in [0.2, 0.25) is 0 Å². The fourth-order valence-electron chi connectivity index (χ4n) is 1.40. The molecule has 17 heavy (non-hydrogen) atoms. The highest BCUT2D eigenvalue weighted by atomic mass is 16.6. The summed E-state index contributed by atoms with van der Waals surface area (Å²) >= 11 is 0. The highest BCUT2D eigenvalue weighted by molar-refractivity contribution is 5.85. The van der Waals surface area contributed by atoms with Crippen LogP contribution in [0.4, 0.5) is 5.69 Å². The molecule has 0 aliphatic heterocycles. The molecule has 0 radical (unpaired) electrons. The van der Waals surface area contributed by atoms with Gasteiger partial charge in [-0.15, -0.1) is 0 Å². The molecule has 2 aromatic rings. The van der Waals surface area contributed by atoms with Crippen molar-refractivity contribution in [3.05, 3.63) is 52.6 Å². The molecule has 1 N–H and O–H groups in total. The van der Waals surface area contributed by atoms with Gasteiger partial charge in [-0.05, 0) is 6.07 Å². The fourth-order valence-corrected chi connectivity index (χ4v) is 1.40. The Morgan fingerprint density at radius 2 is 2.12 bits per heavy atom. The zero-order valence-corrected chi connectivity index (χ0v) is 8.48. The second-order valence-electron chi connectivity index (χ2n) is 3.22. The summed E-state index contributed by atoms with van der Waals surface area (Å²) in [6.45, 7) is 0. The molecule has 0 aliphatic carbocycles. The Bertz CT molecular complexity index is 591. The molecule has 1 heterocycles. The third kappa shape index (κ3) is 1.98. The van der Waals surface area contributed by atoms with Crippen molar-refractivity contribution in [1.29, 1.82) is 0 Å². The lowest BCUT2D eigenvalue weighted by molar-refractivity contribution is -0.384. The van der Waals surface area contributed by atoms with E-state index in [1.807, 2.05) is 0 Å². The molecule has 0 spiro atoms. The van der Waals surface area contributed by atoms with E-state index in [-0.39, 0.29) is 17.1 Å². The van der Waals surface area contributed by atoms with Crippen molar-refractivity contribution >= 4 is 11.7 Å². The minimum atomic E-state index is -1.18. The van der Waals surface area contributed by atoms with E-state index < -0.39 is 10.9 Å². The summed E-state index contributed by atoms with van der Waals surface area (Å²) in [5, 5.41) is 19.5. The third-order valence-corrected chi connectivity index (χ3v) is 2.16. The molecular weight excluding hydrogens is 226 g/mol. The zero-order chi connectivity index (χ0) is 12.4. The number of imidazole rings is 1. The number of nitrogens with zero attached hydrogens (tertiary/aromatic N) is 3. The van der Waals surface area contributed by atoms with Gasteiger partial charge in [0.25, 0.3) is 5.69 Å². The van der Waals surface area contributed by atoms with Crippen molar-refractivity contribution < 1.29 is 14.8 Å². The van der Waals surface area contributed by atoms with Crippen LogP contribution < -0.4 is 0 Å². The van der Waals surface area contributed by atoms with Crippen molar-refractivity contribution in [2.24, 2.45) is 0 Å². The molecule has 1 aromatic heterocycles. The number of rotatable bonds is 3. The molecule has 2 rings (SSSR count). The predicted octanol–water partition coefficient (Wildman–Crippen LogP) is 1.48. The minimum absolute atomic E-state index is 0.109. The number of nitro groups is 1. The summed E-state index contributed by atoms with van der Waals surface area (Å²) in [6, 6.07) is 6.03. The van der Waals surface area contributed by atoms with Crippen molar-refractivity contribution in [3.63, 3.8) is 0 Å². The fraction of sp³-hybridized carbons (Fsp3) is 0. The van der Waals surface area contributed by atoms with E-state index >= 15 is 0 Å². The van der Waals surface area contributed by atoms with Crippen LogP contribution in [-0.2, 0) is 0 Å². The molecule has 0 aliphatic rings. The van der Waals surface area contributed by atoms with E-state index in [0.29, 0.717) is 0 Å². The molecule has 0 saturated carbocycles. The molecule has 7 nitrogen and oxygen atoms in total. The first kappa shape index (κ1) is 10.8. The van der Waals surface area contributed by atoms with E-state index in [2.05, 4.69) is 4.98 Å². The summed E-state index contributed by atoms with van der Waals surface area (Å²) in [6.07, 6.45) is 2.45. The van der Waals surface area contributed by atoms with Gasteiger partial charge in [-0.2, -0.15) is 0 Å². The smallest absolute Gasteiger partial charge is 0.356 e. The van der Waals surface area contributed by atoms with Crippen LogP contribution in [0, 0.1) is 10.1 Å². The first-order valence-electron chi connectivity index (χ1n) is 4.60. The van der Waals surface area contributed by atoms with Gasteiger partial charge >= 0.3 is 5.97 Å². The van der Waals surface area contributed by atoms with Gasteiger partial charge in [0.05, 0.1) is 4.92 Å². The molecule has 7 heteroatoms. The lowest BCUT2D eigenvalue weighted by Gasteiger charge is -2.01. The van der Waals surface area contributed by atoms with Crippen molar-refractivity contribution in [2.45, 2.75) is 0 Å². The lowest BCUT2D eigenvalue weighted by Crippen LogP contribution is -1.98. The molecule has 0 atom stereocenters. The van der Waals surface area contributed by atoms with Crippen LogP contribution in [0.3, 0.4) is 0 Å². The third-order valence-electron chi connectivity index (χ3n) is 2.16. The average Bonchev–Trinajstić information content (AvgIpc) is 2.78. The maximum Gasteiger partial charge on any atom is 0.356 e. The van der Waals surface area contributed by atoms with Crippen LogP contribution in [0.1, 0.15) is 10.5 Å². The summed E-state index contributed by atoms with van der Waals surface area (Å²) < 4.78 is 1.31. The number of hydrogen-bond donors (Lipinski definition) is 1. The Kier molecular flexibility index (Phi) is 2.57. The highest BCUT2D eigenvalue weighted by Crippen LogP contribution is 2.22. The number of carboxylic acids is 1. The largest absolute Gasteiger partial charge is 0.476 e.